The first-order valence-corrected chi connectivity index (χ1v) is 8.13. The van der Waals surface area contributed by atoms with E-state index in [0.29, 0.717) is 24.5 Å². The fraction of sp³-hybridized carbons (Fsp3) is 0.333. The summed E-state index contributed by atoms with van der Waals surface area (Å²) in [5, 5.41) is 3.30. The molecule has 19 heavy (non-hydrogen) atoms. The van der Waals surface area contributed by atoms with Gasteiger partial charge in [-0.15, -0.1) is 11.3 Å². The van der Waals surface area contributed by atoms with E-state index in [1.165, 1.54) is 5.01 Å². The highest BCUT2D eigenvalue weighted by Gasteiger charge is 2.23. The van der Waals surface area contributed by atoms with Crippen LogP contribution in [-0.2, 0) is 4.79 Å². The fourth-order valence-electron chi connectivity index (χ4n) is 2.45. The molecule has 0 atom stereocenters. The van der Waals surface area contributed by atoms with Crippen LogP contribution in [0.1, 0.15) is 36.6 Å². The average molecular weight is 336 g/mol. The topological polar surface area (TPSA) is 30.0 Å². The van der Waals surface area contributed by atoms with E-state index in [2.05, 4.69) is 27.4 Å². The van der Waals surface area contributed by atoms with Gasteiger partial charge in [-0.25, -0.2) is 4.98 Å². The average Bonchev–Trinajstić information content (AvgIpc) is 2.89. The molecule has 0 spiro atoms. The maximum Gasteiger partial charge on any atom is 0.132 e. The van der Waals surface area contributed by atoms with Crippen molar-refractivity contribution < 1.29 is 4.79 Å². The number of ketones is 1. The Bertz CT molecular complexity index is 598. The van der Waals surface area contributed by atoms with E-state index in [1.54, 1.807) is 11.3 Å². The van der Waals surface area contributed by atoms with Crippen molar-refractivity contribution in [3.05, 3.63) is 39.1 Å². The molecule has 3 rings (SSSR count). The predicted molar refractivity (Wildman–Crippen MR) is 81.5 cm³/mol. The molecule has 4 heteroatoms. The Morgan fingerprint density at radius 3 is 2.68 bits per heavy atom. The minimum atomic E-state index is 0.402. The summed E-state index contributed by atoms with van der Waals surface area (Å²) in [4.78, 5) is 16.1. The van der Waals surface area contributed by atoms with Crippen LogP contribution in [0.15, 0.2) is 34.1 Å². The molecule has 0 N–H and O–H groups in total. The highest BCUT2D eigenvalue weighted by molar-refractivity contribution is 9.10. The second-order valence-electron chi connectivity index (χ2n) is 4.86. The third-order valence-electron chi connectivity index (χ3n) is 3.56. The minimum absolute atomic E-state index is 0.402. The maximum absolute atomic E-state index is 11.3. The van der Waals surface area contributed by atoms with E-state index >= 15 is 0 Å². The Hall–Kier alpha value is -1.000. The normalized spacial score (nSPS) is 16.8. The first-order valence-electron chi connectivity index (χ1n) is 6.46. The third kappa shape index (κ3) is 2.79. The van der Waals surface area contributed by atoms with Gasteiger partial charge in [-0.05, 0) is 18.9 Å². The molecule has 0 bridgehead atoms. The smallest absolute Gasteiger partial charge is 0.132 e. The molecule has 2 nitrogen and oxygen atoms in total. The quantitative estimate of drug-likeness (QED) is 0.788. The summed E-state index contributed by atoms with van der Waals surface area (Å²) in [5.41, 5.74) is 2.17. The van der Waals surface area contributed by atoms with E-state index in [9.17, 15) is 4.79 Å². The number of Topliss-reactive ketones (excluding diaryl/α,β-unsaturated/α-hetero) is 1. The Kier molecular flexibility index (Phi) is 3.80. The molecular weight excluding hydrogens is 322 g/mol. The van der Waals surface area contributed by atoms with Crippen LogP contribution in [0.4, 0.5) is 0 Å². The number of thiazole rings is 1. The number of rotatable bonds is 2. The Balaban J connectivity index is 1.84. The second-order valence-corrected chi connectivity index (χ2v) is 6.61. The van der Waals surface area contributed by atoms with Gasteiger partial charge in [-0.3, -0.25) is 4.79 Å². The van der Waals surface area contributed by atoms with Crippen LogP contribution in [-0.4, -0.2) is 10.8 Å². The van der Waals surface area contributed by atoms with Crippen LogP contribution in [0.5, 0.6) is 0 Å². The first kappa shape index (κ1) is 13.0. The summed E-state index contributed by atoms with van der Waals surface area (Å²) in [6, 6.07) is 8.15. The fourth-order valence-corrected chi connectivity index (χ4v) is 3.93. The van der Waals surface area contributed by atoms with Crippen molar-refractivity contribution in [2.45, 2.75) is 31.6 Å². The molecule has 1 aromatic carbocycles. The number of aromatic nitrogens is 1. The van der Waals surface area contributed by atoms with Crippen molar-refractivity contribution in [2.24, 2.45) is 0 Å². The molecule has 0 amide bonds. The van der Waals surface area contributed by atoms with Crippen molar-refractivity contribution in [3.63, 3.8) is 0 Å². The lowest BCUT2D eigenvalue weighted by Gasteiger charge is -2.18. The number of hydrogen-bond acceptors (Lipinski definition) is 3. The van der Waals surface area contributed by atoms with Crippen LogP contribution in [0.3, 0.4) is 0 Å². The molecule has 1 heterocycles. The Morgan fingerprint density at radius 1 is 1.21 bits per heavy atom. The molecule has 1 saturated carbocycles. The zero-order chi connectivity index (χ0) is 13.2. The summed E-state index contributed by atoms with van der Waals surface area (Å²) in [6.45, 7) is 0. The van der Waals surface area contributed by atoms with Crippen molar-refractivity contribution in [3.8, 4) is 11.3 Å². The zero-order valence-electron chi connectivity index (χ0n) is 10.4. The van der Waals surface area contributed by atoms with Crippen molar-refractivity contribution in [1.29, 1.82) is 0 Å². The number of hydrogen-bond donors (Lipinski definition) is 0. The van der Waals surface area contributed by atoms with Gasteiger partial charge in [-0.2, -0.15) is 0 Å². The highest BCUT2D eigenvalue weighted by atomic mass is 79.9. The number of nitrogens with zero attached hydrogens (tertiary/aromatic N) is 1. The third-order valence-corrected chi connectivity index (χ3v) is 5.26. The molecule has 1 fully saturated rings. The number of benzene rings is 1. The Labute approximate surface area is 125 Å². The van der Waals surface area contributed by atoms with Gasteiger partial charge in [0.15, 0.2) is 0 Å². The standard InChI is InChI=1S/C15H14BrNOS/c16-13-4-2-1-3-12(13)14-9-19-15(17-14)10-5-7-11(18)8-6-10/h1-4,9-10H,5-8H2. The van der Waals surface area contributed by atoms with Crippen LogP contribution in [0.25, 0.3) is 11.3 Å². The first-order chi connectivity index (χ1) is 9.24. The van der Waals surface area contributed by atoms with Crippen LogP contribution >= 0.6 is 27.3 Å². The van der Waals surface area contributed by atoms with Gasteiger partial charge in [0.05, 0.1) is 10.7 Å². The summed E-state index contributed by atoms with van der Waals surface area (Å²) in [6.07, 6.45) is 3.35. The van der Waals surface area contributed by atoms with Crippen molar-refractivity contribution in [2.75, 3.05) is 0 Å². The highest BCUT2D eigenvalue weighted by Crippen LogP contribution is 2.36. The summed E-state index contributed by atoms with van der Waals surface area (Å²) >= 11 is 5.28. The zero-order valence-corrected chi connectivity index (χ0v) is 12.8. The van der Waals surface area contributed by atoms with Crippen molar-refractivity contribution in [1.82, 2.24) is 4.98 Å². The lowest BCUT2D eigenvalue weighted by molar-refractivity contribution is -0.120. The second kappa shape index (κ2) is 5.55. The molecule has 1 aliphatic rings. The van der Waals surface area contributed by atoms with Gasteiger partial charge < -0.3 is 0 Å². The molecule has 0 unspecified atom stereocenters. The molecule has 0 radical (unpaired) electrons. The van der Waals surface area contributed by atoms with E-state index in [1.807, 2.05) is 18.2 Å². The van der Waals surface area contributed by atoms with Gasteiger partial charge in [0.1, 0.15) is 5.78 Å². The van der Waals surface area contributed by atoms with E-state index in [4.69, 9.17) is 4.98 Å². The predicted octanol–water partition coefficient (Wildman–Crippen LogP) is 4.80. The number of carbonyl (C=O) groups is 1. The Morgan fingerprint density at radius 2 is 1.95 bits per heavy atom. The number of halogens is 1. The lowest BCUT2D eigenvalue weighted by atomic mass is 9.89. The maximum atomic E-state index is 11.3. The molecule has 0 saturated heterocycles. The van der Waals surface area contributed by atoms with Gasteiger partial charge in [0.25, 0.3) is 0 Å². The van der Waals surface area contributed by atoms with Gasteiger partial charge in [0, 0.05) is 34.2 Å². The molecular formula is C15H14BrNOS. The van der Waals surface area contributed by atoms with Crippen LogP contribution in [0, 0.1) is 0 Å². The van der Waals surface area contributed by atoms with Crippen LogP contribution in [0.2, 0.25) is 0 Å². The number of carbonyl (C=O) groups excluding carboxylic acids is 1. The summed E-state index contributed by atoms with van der Waals surface area (Å²) in [7, 11) is 0. The SMILES string of the molecule is O=C1CCC(c2nc(-c3ccccc3Br)cs2)CC1. The molecule has 0 aliphatic heterocycles. The van der Waals surface area contributed by atoms with Gasteiger partial charge in [-0.1, -0.05) is 34.1 Å². The van der Waals surface area contributed by atoms with E-state index in [-0.39, 0.29) is 0 Å². The molecule has 2 aromatic rings. The van der Waals surface area contributed by atoms with E-state index < -0.39 is 0 Å². The minimum Gasteiger partial charge on any atom is -0.300 e. The van der Waals surface area contributed by atoms with Crippen LogP contribution < -0.4 is 0 Å². The van der Waals surface area contributed by atoms with Crippen molar-refractivity contribution >= 4 is 33.0 Å². The van der Waals surface area contributed by atoms with E-state index in [0.717, 1.165) is 28.6 Å². The summed E-state index contributed by atoms with van der Waals surface area (Å²) < 4.78 is 1.07. The molecule has 98 valence electrons. The van der Waals surface area contributed by atoms with Gasteiger partial charge >= 0.3 is 0 Å². The summed E-state index contributed by atoms with van der Waals surface area (Å²) in [5.74, 6) is 0.873. The van der Waals surface area contributed by atoms with Gasteiger partial charge in [0.2, 0.25) is 0 Å². The largest absolute Gasteiger partial charge is 0.300 e. The molecule has 1 aliphatic carbocycles. The monoisotopic (exact) mass is 335 g/mol. The molecule has 1 aromatic heterocycles. The lowest BCUT2D eigenvalue weighted by Crippen LogP contribution is -2.12.